The molecule has 3 amide bonds. The molecule has 2 aliphatic heterocycles. The molecule has 407 valence electrons. The molecule has 6 rings (SSSR count). The van der Waals surface area contributed by atoms with Gasteiger partial charge in [0.05, 0.1) is 44.1 Å². The first kappa shape index (κ1) is 59.2. The molecule has 1 radical (unpaired) electrons. The normalized spacial score (nSPS) is 14.9. The molecule has 0 atom stereocenters. The molecule has 3 aromatic carbocycles. The number of para-hydroxylation sites is 1. The van der Waals surface area contributed by atoms with Crippen molar-refractivity contribution in [2.75, 3.05) is 116 Å². The zero-order chi connectivity index (χ0) is 52.3. The van der Waals surface area contributed by atoms with Crippen LogP contribution in [0.1, 0.15) is 60.9 Å². The maximum absolute atomic E-state index is 14.2. The summed E-state index contributed by atoms with van der Waals surface area (Å²) in [6.07, 6.45) is 2.81. The van der Waals surface area contributed by atoms with Crippen molar-refractivity contribution in [1.82, 2.24) is 44.8 Å². The number of carboxylic acid groups (broad SMARTS) is 3. The van der Waals surface area contributed by atoms with E-state index in [2.05, 4.69) is 20.9 Å². The fraction of sp³-hybridized carbons (Fsp3) is 0.481. The molecule has 74 heavy (non-hydrogen) atoms. The van der Waals surface area contributed by atoms with Gasteiger partial charge in [-0.1, -0.05) is 47.7 Å². The number of ketones is 1. The number of anilines is 2. The van der Waals surface area contributed by atoms with Crippen molar-refractivity contribution in [2.45, 2.75) is 58.0 Å². The average molecular weight is 1190 g/mol. The van der Waals surface area contributed by atoms with Crippen LogP contribution < -0.4 is 15.5 Å². The Labute approximate surface area is 461 Å². The van der Waals surface area contributed by atoms with Gasteiger partial charge in [-0.3, -0.25) is 53.2 Å². The second kappa shape index (κ2) is 30.0. The second-order valence-corrected chi connectivity index (χ2v) is 18.8. The fourth-order valence-corrected chi connectivity index (χ4v) is 9.01. The molecule has 1 fully saturated rings. The zero-order valence-corrected chi connectivity index (χ0v) is 43.8. The van der Waals surface area contributed by atoms with Crippen molar-refractivity contribution in [3.8, 4) is 22.5 Å². The minimum Gasteiger partial charge on any atom is -0.480 e. The number of hydrogen-bond acceptors (Lipinski definition) is 14. The molecule has 0 unspecified atom stereocenters. The third-order valence-electron chi connectivity index (χ3n) is 12.9. The minimum atomic E-state index is -1.03. The van der Waals surface area contributed by atoms with E-state index in [0.717, 1.165) is 28.9 Å². The Hall–Kier alpha value is -5.68. The first-order chi connectivity index (χ1) is 35.1. The van der Waals surface area contributed by atoms with Crippen molar-refractivity contribution in [1.29, 1.82) is 0 Å². The molecule has 0 aliphatic carbocycles. The van der Waals surface area contributed by atoms with Crippen molar-refractivity contribution in [2.24, 2.45) is 0 Å². The topological polar surface area (TPSA) is 254 Å². The third-order valence-corrected chi connectivity index (χ3v) is 12.9. The second-order valence-electron chi connectivity index (χ2n) is 18.8. The van der Waals surface area contributed by atoms with E-state index in [1.54, 1.807) is 43.9 Å². The van der Waals surface area contributed by atoms with E-state index in [9.17, 15) is 48.9 Å². The number of fused-ring (bicyclic) bond motifs is 5. The van der Waals surface area contributed by atoms with E-state index in [-0.39, 0.29) is 119 Å². The molecular weight excluding hydrogens is 1120 g/mol. The Morgan fingerprint density at radius 3 is 1.73 bits per heavy atom. The molecule has 5 N–H and O–H groups in total. The van der Waals surface area contributed by atoms with Crippen LogP contribution in [-0.4, -0.2) is 202 Å². The molecule has 3 heterocycles. The van der Waals surface area contributed by atoms with Crippen LogP contribution in [0.4, 0.5) is 11.4 Å². The Balaban J connectivity index is 0.0000101. The molecule has 0 saturated carbocycles. The summed E-state index contributed by atoms with van der Waals surface area (Å²) in [7, 11) is 3.87. The molecule has 0 spiro atoms. The molecule has 0 bridgehead atoms. The quantitative estimate of drug-likeness (QED) is 0.0669. The van der Waals surface area contributed by atoms with Crippen LogP contribution in [0.5, 0.6) is 0 Å². The smallest absolute Gasteiger partial charge is 0.317 e. The van der Waals surface area contributed by atoms with Gasteiger partial charge in [0.1, 0.15) is 11.5 Å². The number of carbonyl (C=O) groups excluding carboxylic acids is 4. The van der Waals surface area contributed by atoms with Crippen molar-refractivity contribution in [3.05, 3.63) is 83.9 Å². The van der Waals surface area contributed by atoms with Gasteiger partial charge in [0.2, 0.25) is 11.8 Å². The van der Waals surface area contributed by atoms with Gasteiger partial charge in [0.15, 0.2) is 0 Å². The Morgan fingerprint density at radius 2 is 1.15 bits per heavy atom. The van der Waals surface area contributed by atoms with Gasteiger partial charge in [-0.05, 0) is 75.7 Å². The van der Waals surface area contributed by atoms with Gasteiger partial charge in [0, 0.05) is 151 Å². The van der Waals surface area contributed by atoms with Gasteiger partial charge in [0.25, 0.3) is 5.91 Å². The van der Waals surface area contributed by atoms with Gasteiger partial charge in [-0.25, -0.2) is 4.68 Å². The average Bonchev–Trinajstić information content (AvgIpc) is 3.76. The molecule has 4 aromatic rings. The summed E-state index contributed by atoms with van der Waals surface area (Å²) in [4.78, 5) is 99.0. The van der Waals surface area contributed by atoms with Gasteiger partial charge in [-0.15, -0.1) is 5.10 Å². The number of benzene rings is 3. The first-order valence-electron chi connectivity index (χ1n) is 24.9. The van der Waals surface area contributed by atoms with Crippen molar-refractivity contribution < 1.29 is 85.8 Å². The van der Waals surface area contributed by atoms with Crippen LogP contribution in [0.25, 0.3) is 22.5 Å². The number of aryl methyl sites for hydroxylation is 1. The first-order valence-corrected chi connectivity index (χ1v) is 24.9. The number of amides is 3. The standard InChI is InChI=1S/C52H69N11O10.Lu/c1-57(2)24-22-53-52(73)38-18-20-40(21-19-38)54-45(65)16-7-8-17-46(66)62-33-39-11-3-4-13-42(39)50-51(43-14-5-6-15-44(43)62)63(56-55-50)23-10-9-12-41(64)34-58-25-27-59(35-47(67)68)29-31-61(37-49(71)72)32-30-60(28-26-58)36-48(69)70;/h3-6,11,13-15,18-21H,7-10,12,16-17,22-37H2,1-2H3,(H,53,73)(H,54,65)(H,67,68)(H,69,70)(H,71,72);/i;1+2. The van der Waals surface area contributed by atoms with E-state index in [1.165, 1.54) is 0 Å². The number of likely N-dealkylation sites (N-methyl/N-ethyl adjacent to an activating group) is 1. The predicted molar refractivity (Wildman–Crippen MR) is 274 cm³/mol. The molecule has 22 heteroatoms. The monoisotopic (exact) mass is 1180 g/mol. The van der Waals surface area contributed by atoms with Crippen LogP contribution in [-0.2, 0) is 41.9 Å². The molecule has 1 aromatic heterocycles. The predicted octanol–water partition coefficient (Wildman–Crippen LogP) is 3.16. The Morgan fingerprint density at radius 1 is 0.622 bits per heavy atom. The summed E-state index contributed by atoms with van der Waals surface area (Å²) < 4.78 is 1.83. The number of aromatic nitrogens is 3. The zero-order valence-electron chi connectivity index (χ0n) is 42.2. The van der Waals surface area contributed by atoms with E-state index < -0.39 is 17.9 Å². The SMILES string of the molecule is CN(C)CCNC(=O)c1ccc(NC(=O)CCCCC(=O)N2Cc3ccccc3-c3nnn(CCCCC(=O)CN4CCN(CC(=O)O)CCN(CC(=O)O)CCN(CC(=O)O)CC4)c3-c3ccccc32)cc1.[177Lu]. The molecule has 2 aliphatic rings. The van der Waals surface area contributed by atoms with Gasteiger partial charge >= 0.3 is 17.9 Å². The maximum atomic E-state index is 14.2. The van der Waals surface area contributed by atoms with Crippen LogP contribution in [0.2, 0.25) is 0 Å². The molecule has 21 nitrogen and oxygen atoms in total. The van der Waals surface area contributed by atoms with Crippen LogP contribution in [0, 0.1) is 36.9 Å². The number of unbranched alkanes of at least 4 members (excludes halogenated alkanes) is 2. The number of nitrogens with one attached hydrogen (secondary N) is 2. The van der Waals surface area contributed by atoms with E-state index in [1.807, 2.05) is 77.1 Å². The number of Topliss-reactive ketones (excluding diaryl/α,β-unsaturated/α-hetero) is 1. The molecule has 1 saturated heterocycles. The summed E-state index contributed by atoms with van der Waals surface area (Å²) in [5.41, 5.74) is 5.78. The summed E-state index contributed by atoms with van der Waals surface area (Å²) in [6, 6.07) is 22.2. The van der Waals surface area contributed by atoms with Crippen molar-refractivity contribution >= 4 is 52.8 Å². The van der Waals surface area contributed by atoms with E-state index in [0.29, 0.717) is 107 Å². The number of nitrogens with zero attached hydrogens (tertiary/aromatic N) is 9. The summed E-state index contributed by atoms with van der Waals surface area (Å²) in [6.45, 7) is 3.87. The largest absolute Gasteiger partial charge is 0.480 e. The number of carbonyl (C=O) groups is 7. The Bertz CT molecular complexity index is 2510. The van der Waals surface area contributed by atoms with E-state index in [4.69, 9.17) is 0 Å². The van der Waals surface area contributed by atoms with Gasteiger partial charge < -0.3 is 35.8 Å². The summed E-state index contributed by atoms with van der Waals surface area (Å²) >= 11 is 0. The maximum Gasteiger partial charge on any atom is 0.317 e. The Kier molecular flexibility index (Phi) is 24.0. The van der Waals surface area contributed by atoms with Gasteiger partial charge in [-0.2, -0.15) is 0 Å². The number of rotatable bonds is 23. The van der Waals surface area contributed by atoms with Crippen LogP contribution in [0.3, 0.4) is 0 Å². The number of hydrogen-bond donors (Lipinski definition) is 5. The number of aliphatic carboxylic acids is 3. The van der Waals surface area contributed by atoms with Crippen LogP contribution in [0.15, 0.2) is 72.8 Å². The summed E-state index contributed by atoms with van der Waals surface area (Å²) in [5.74, 6) is -3.53. The summed E-state index contributed by atoms with van der Waals surface area (Å²) in [5, 5.41) is 43.7. The third kappa shape index (κ3) is 18.6. The fourth-order valence-electron chi connectivity index (χ4n) is 9.01. The number of carboxylic acids is 3. The van der Waals surface area contributed by atoms with Crippen molar-refractivity contribution in [3.63, 3.8) is 0 Å². The molecular formula is C52H69LuN11O10. The van der Waals surface area contributed by atoms with Crippen LogP contribution >= 0.6 is 0 Å². The minimum absolute atomic E-state index is 0. The van der Waals surface area contributed by atoms with E-state index >= 15 is 0 Å².